The van der Waals surface area contributed by atoms with E-state index in [0.717, 1.165) is 6.42 Å². The Kier molecular flexibility index (Phi) is 1.27. The zero-order chi connectivity index (χ0) is 8.06. The lowest BCUT2D eigenvalue weighted by Gasteiger charge is -2.07. The molecule has 0 radical (unpaired) electrons. The van der Waals surface area contributed by atoms with E-state index in [1.165, 1.54) is 12.8 Å². The summed E-state index contributed by atoms with van der Waals surface area (Å²) in [6.07, 6.45) is 3.27. The second-order valence-electron chi connectivity index (χ2n) is 3.81. The fraction of sp³-hybridized carbons (Fsp3) is 0.875. The Morgan fingerprint density at radius 1 is 1.64 bits per heavy atom. The molecular formula is C8H13NO2. The van der Waals surface area contributed by atoms with Crippen LogP contribution in [0.5, 0.6) is 0 Å². The van der Waals surface area contributed by atoms with E-state index in [1.54, 1.807) is 0 Å². The summed E-state index contributed by atoms with van der Waals surface area (Å²) in [6.45, 7) is 0.323. The molecule has 0 aromatic carbocycles. The van der Waals surface area contributed by atoms with Crippen LogP contribution in [0.2, 0.25) is 0 Å². The SMILES string of the molecule is NCC1(C(=O)O)CC1C1CC1. The Hall–Kier alpha value is -0.570. The van der Waals surface area contributed by atoms with Gasteiger partial charge in [0, 0.05) is 6.54 Å². The number of carboxylic acid groups (broad SMARTS) is 1. The first-order valence-corrected chi connectivity index (χ1v) is 4.14. The lowest BCUT2D eigenvalue weighted by atomic mass is 10.0. The molecule has 0 spiro atoms. The first-order chi connectivity index (χ1) is 5.20. The molecule has 3 nitrogen and oxygen atoms in total. The molecule has 0 aliphatic heterocycles. The maximum Gasteiger partial charge on any atom is 0.311 e. The third kappa shape index (κ3) is 0.872. The molecule has 0 bridgehead atoms. The van der Waals surface area contributed by atoms with Crippen molar-refractivity contribution in [2.75, 3.05) is 6.54 Å². The normalized spacial score (nSPS) is 42.1. The summed E-state index contributed by atoms with van der Waals surface area (Å²) < 4.78 is 0. The molecule has 3 N–H and O–H groups in total. The van der Waals surface area contributed by atoms with E-state index in [1.807, 2.05) is 0 Å². The van der Waals surface area contributed by atoms with Crippen molar-refractivity contribution >= 4 is 5.97 Å². The van der Waals surface area contributed by atoms with Crippen molar-refractivity contribution in [3.63, 3.8) is 0 Å². The summed E-state index contributed by atoms with van der Waals surface area (Å²) in [5.41, 5.74) is 4.93. The third-order valence-electron chi connectivity index (χ3n) is 3.12. The van der Waals surface area contributed by atoms with Crippen LogP contribution in [0.3, 0.4) is 0 Å². The van der Waals surface area contributed by atoms with Crippen LogP contribution < -0.4 is 5.73 Å². The minimum Gasteiger partial charge on any atom is -0.481 e. The van der Waals surface area contributed by atoms with Crippen LogP contribution in [0.15, 0.2) is 0 Å². The number of carbonyl (C=O) groups is 1. The first-order valence-electron chi connectivity index (χ1n) is 4.14. The summed E-state index contributed by atoms with van der Waals surface area (Å²) in [7, 11) is 0. The van der Waals surface area contributed by atoms with Gasteiger partial charge in [0.1, 0.15) is 0 Å². The molecule has 2 aliphatic carbocycles. The Labute approximate surface area is 65.6 Å². The van der Waals surface area contributed by atoms with E-state index in [-0.39, 0.29) is 0 Å². The van der Waals surface area contributed by atoms with Crippen molar-refractivity contribution in [2.45, 2.75) is 19.3 Å². The summed E-state index contributed by atoms with van der Waals surface area (Å²) in [5.74, 6) is 0.413. The average Bonchev–Trinajstić information content (AvgIpc) is 2.83. The fourth-order valence-corrected chi connectivity index (χ4v) is 2.02. The minimum absolute atomic E-state index is 0.323. The molecule has 2 atom stereocenters. The van der Waals surface area contributed by atoms with Crippen LogP contribution >= 0.6 is 0 Å². The largest absolute Gasteiger partial charge is 0.481 e. The van der Waals surface area contributed by atoms with Gasteiger partial charge in [-0.3, -0.25) is 4.79 Å². The van der Waals surface area contributed by atoms with Crippen LogP contribution in [-0.2, 0) is 4.79 Å². The highest BCUT2D eigenvalue weighted by Gasteiger charge is 2.63. The highest BCUT2D eigenvalue weighted by Crippen LogP contribution is 2.62. The quantitative estimate of drug-likeness (QED) is 0.621. The monoisotopic (exact) mass is 155 g/mol. The molecule has 2 rings (SSSR count). The Bertz CT molecular complexity index is 200. The number of carboxylic acids is 1. The van der Waals surface area contributed by atoms with E-state index in [4.69, 9.17) is 10.8 Å². The van der Waals surface area contributed by atoms with Gasteiger partial charge in [0.2, 0.25) is 0 Å². The topological polar surface area (TPSA) is 63.3 Å². The molecular weight excluding hydrogens is 142 g/mol. The van der Waals surface area contributed by atoms with Gasteiger partial charge in [0.25, 0.3) is 0 Å². The van der Waals surface area contributed by atoms with Gasteiger partial charge in [-0.1, -0.05) is 0 Å². The maximum atomic E-state index is 10.8. The second kappa shape index (κ2) is 1.97. The van der Waals surface area contributed by atoms with E-state index >= 15 is 0 Å². The van der Waals surface area contributed by atoms with Gasteiger partial charge >= 0.3 is 5.97 Å². The number of hydrogen-bond acceptors (Lipinski definition) is 2. The summed E-state index contributed by atoms with van der Waals surface area (Å²) in [5, 5.41) is 8.87. The Morgan fingerprint density at radius 2 is 2.27 bits per heavy atom. The third-order valence-corrected chi connectivity index (χ3v) is 3.12. The summed E-state index contributed by atoms with van der Waals surface area (Å²) in [4.78, 5) is 10.8. The molecule has 0 saturated heterocycles. The summed E-state index contributed by atoms with van der Waals surface area (Å²) >= 11 is 0. The molecule has 2 unspecified atom stereocenters. The summed E-state index contributed by atoms with van der Waals surface area (Å²) in [6, 6.07) is 0. The standard InChI is InChI=1S/C8H13NO2/c9-4-8(7(10)11)3-6(8)5-1-2-5/h5-6H,1-4,9H2,(H,10,11). The predicted molar refractivity (Wildman–Crippen MR) is 40.0 cm³/mol. The van der Waals surface area contributed by atoms with Gasteiger partial charge in [0.05, 0.1) is 5.41 Å². The fourth-order valence-electron chi connectivity index (χ4n) is 2.02. The molecule has 3 heteroatoms. The van der Waals surface area contributed by atoms with Gasteiger partial charge in [-0.2, -0.15) is 0 Å². The second-order valence-corrected chi connectivity index (χ2v) is 3.81. The molecule has 2 fully saturated rings. The Morgan fingerprint density at radius 3 is 2.55 bits per heavy atom. The minimum atomic E-state index is -0.683. The molecule has 2 aliphatic rings. The molecule has 0 aromatic rings. The maximum absolute atomic E-state index is 10.8. The van der Waals surface area contributed by atoms with Crippen LogP contribution in [0.25, 0.3) is 0 Å². The molecule has 0 amide bonds. The Balaban J connectivity index is 2.05. The van der Waals surface area contributed by atoms with Gasteiger partial charge in [0.15, 0.2) is 0 Å². The average molecular weight is 155 g/mol. The van der Waals surface area contributed by atoms with Crippen molar-refractivity contribution in [1.29, 1.82) is 0 Å². The van der Waals surface area contributed by atoms with E-state index < -0.39 is 11.4 Å². The molecule has 0 heterocycles. The lowest BCUT2D eigenvalue weighted by Crippen LogP contribution is -2.27. The number of hydrogen-bond donors (Lipinski definition) is 2. The van der Waals surface area contributed by atoms with Crippen molar-refractivity contribution in [3.05, 3.63) is 0 Å². The zero-order valence-electron chi connectivity index (χ0n) is 6.42. The van der Waals surface area contributed by atoms with Gasteiger partial charge in [-0.25, -0.2) is 0 Å². The predicted octanol–water partition coefficient (Wildman–Crippen LogP) is 0.446. The molecule has 0 aromatic heterocycles. The van der Waals surface area contributed by atoms with Gasteiger partial charge < -0.3 is 10.8 Å². The van der Waals surface area contributed by atoms with E-state index in [2.05, 4.69) is 0 Å². The van der Waals surface area contributed by atoms with Crippen LogP contribution in [0.1, 0.15) is 19.3 Å². The zero-order valence-corrected chi connectivity index (χ0v) is 6.42. The van der Waals surface area contributed by atoms with Crippen molar-refractivity contribution in [1.82, 2.24) is 0 Å². The van der Waals surface area contributed by atoms with Crippen molar-refractivity contribution in [2.24, 2.45) is 23.0 Å². The van der Waals surface area contributed by atoms with Gasteiger partial charge in [-0.15, -0.1) is 0 Å². The van der Waals surface area contributed by atoms with E-state index in [9.17, 15) is 4.79 Å². The number of rotatable bonds is 3. The molecule has 62 valence electrons. The first kappa shape index (κ1) is 7.10. The highest BCUT2D eigenvalue weighted by molar-refractivity contribution is 5.79. The lowest BCUT2D eigenvalue weighted by molar-refractivity contribution is -0.143. The van der Waals surface area contributed by atoms with Crippen LogP contribution in [0.4, 0.5) is 0 Å². The highest BCUT2D eigenvalue weighted by atomic mass is 16.4. The van der Waals surface area contributed by atoms with Crippen LogP contribution in [0, 0.1) is 17.3 Å². The number of aliphatic carboxylic acids is 1. The van der Waals surface area contributed by atoms with E-state index in [0.29, 0.717) is 18.4 Å². The van der Waals surface area contributed by atoms with Crippen molar-refractivity contribution in [3.8, 4) is 0 Å². The van der Waals surface area contributed by atoms with Crippen molar-refractivity contribution < 1.29 is 9.90 Å². The molecule has 11 heavy (non-hydrogen) atoms. The van der Waals surface area contributed by atoms with Gasteiger partial charge in [-0.05, 0) is 31.1 Å². The molecule has 2 saturated carbocycles. The smallest absolute Gasteiger partial charge is 0.311 e. The number of nitrogens with two attached hydrogens (primary N) is 1. The van der Waals surface area contributed by atoms with Crippen LogP contribution in [-0.4, -0.2) is 17.6 Å².